The van der Waals surface area contributed by atoms with Gasteiger partial charge in [-0.1, -0.05) is 0 Å². The molecular weight excluding hydrogens is 374 g/mol. The molecule has 0 fully saturated rings. The average molecular weight is 398 g/mol. The summed E-state index contributed by atoms with van der Waals surface area (Å²) < 4.78 is 27.7. The van der Waals surface area contributed by atoms with Gasteiger partial charge in [0.1, 0.15) is 5.75 Å². The number of benzene rings is 1. The van der Waals surface area contributed by atoms with Gasteiger partial charge < -0.3 is 15.8 Å². The minimum Gasteiger partial charge on any atom is -0.493 e. The van der Waals surface area contributed by atoms with Crippen molar-refractivity contribution in [2.75, 3.05) is 24.7 Å². The fraction of sp³-hybridized carbons (Fsp3) is 0.500. The van der Waals surface area contributed by atoms with E-state index in [1.807, 2.05) is 6.92 Å². The highest BCUT2D eigenvalue weighted by atomic mass is 35.5. The number of primary sulfonamides is 1. The molecule has 7 nitrogen and oxygen atoms in total. The summed E-state index contributed by atoms with van der Waals surface area (Å²) >= 11 is 1.46. The highest BCUT2D eigenvalue weighted by Crippen LogP contribution is 2.15. The van der Waals surface area contributed by atoms with E-state index < -0.39 is 10.0 Å². The molecule has 5 N–H and O–H groups in total. The minimum atomic E-state index is -3.68. The van der Waals surface area contributed by atoms with Crippen LogP contribution in [0, 0.1) is 0 Å². The lowest BCUT2D eigenvalue weighted by Gasteiger charge is -2.08. The van der Waals surface area contributed by atoms with E-state index in [0.29, 0.717) is 30.4 Å². The highest BCUT2D eigenvalue weighted by molar-refractivity contribution is 7.99. The second-order valence-electron chi connectivity index (χ2n) is 5.03. The number of carbonyl (C=O) groups is 1. The van der Waals surface area contributed by atoms with E-state index in [9.17, 15) is 13.2 Å². The van der Waals surface area contributed by atoms with Gasteiger partial charge in [-0.3, -0.25) is 4.79 Å². The Balaban J connectivity index is 0.00000529. The van der Waals surface area contributed by atoms with E-state index in [1.165, 1.54) is 23.9 Å². The van der Waals surface area contributed by atoms with Crippen molar-refractivity contribution < 1.29 is 17.9 Å². The summed E-state index contributed by atoms with van der Waals surface area (Å²) in [6, 6.07) is 5.96. The Morgan fingerprint density at radius 3 is 2.50 bits per heavy atom. The van der Waals surface area contributed by atoms with Crippen LogP contribution in [0.4, 0.5) is 0 Å². The maximum absolute atomic E-state index is 11.5. The van der Waals surface area contributed by atoms with Crippen molar-refractivity contribution >= 4 is 40.1 Å². The van der Waals surface area contributed by atoms with Crippen LogP contribution in [0.15, 0.2) is 29.2 Å². The van der Waals surface area contributed by atoms with Gasteiger partial charge in [0.05, 0.1) is 17.3 Å². The molecule has 1 amide bonds. The third-order valence-electron chi connectivity index (χ3n) is 2.80. The number of nitrogens with one attached hydrogen (secondary N) is 1. The van der Waals surface area contributed by atoms with Gasteiger partial charge in [-0.05, 0) is 37.6 Å². The molecule has 10 heteroatoms. The molecular formula is C14H24ClN3O4S2. The summed E-state index contributed by atoms with van der Waals surface area (Å²) in [7, 11) is -3.68. The van der Waals surface area contributed by atoms with Gasteiger partial charge in [0.25, 0.3) is 0 Å². The molecule has 1 unspecified atom stereocenters. The van der Waals surface area contributed by atoms with Gasteiger partial charge in [0.15, 0.2) is 0 Å². The highest BCUT2D eigenvalue weighted by Gasteiger charge is 2.07. The zero-order chi connectivity index (χ0) is 17.3. The summed E-state index contributed by atoms with van der Waals surface area (Å²) in [5, 5.41) is 7.80. The molecule has 138 valence electrons. The Morgan fingerprint density at radius 1 is 1.33 bits per heavy atom. The number of halogens is 1. The van der Waals surface area contributed by atoms with Crippen LogP contribution < -0.4 is 20.9 Å². The normalized spacial score (nSPS) is 12.1. The summed E-state index contributed by atoms with van der Waals surface area (Å²) in [5.74, 6) is 1.55. The van der Waals surface area contributed by atoms with Gasteiger partial charge in [0.2, 0.25) is 15.9 Å². The second kappa shape index (κ2) is 11.5. The van der Waals surface area contributed by atoms with E-state index in [-0.39, 0.29) is 29.3 Å². The van der Waals surface area contributed by atoms with Crippen LogP contribution in [0.5, 0.6) is 5.75 Å². The van der Waals surface area contributed by atoms with Gasteiger partial charge >= 0.3 is 0 Å². The van der Waals surface area contributed by atoms with E-state index in [4.69, 9.17) is 15.6 Å². The van der Waals surface area contributed by atoms with Crippen LogP contribution in [-0.4, -0.2) is 45.0 Å². The molecule has 0 radical (unpaired) electrons. The van der Waals surface area contributed by atoms with Crippen LogP contribution >= 0.6 is 24.2 Å². The van der Waals surface area contributed by atoms with Crippen molar-refractivity contribution in [2.45, 2.75) is 24.3 Å². The fourth-order valence-corrected chi connectivity index (χ4v) is 2.75. The molecule has 1 aromatic rings. The zero-order valence-corrected chi connectivity index (χ0v) is 15.9. The molecule has 0 aromatic heterocycles. The first-order chi connectivity index (χ1) is 10.8. The van der Waals surface area contributed by atoms with Crippen molar-refractivity contribution in [3.8, 4) is 5.75 Å². The monoisotopic (exact) mass is 397 g/mol. The molecule has 0 bridgehead atoms. The van der Waals surface area contributed by atoms with Crippen molar-refractivity contribution in [1.29, 1.82) is 0 Å². The van der Waals surface area contributed by atoms with Gasteiger partial charge in [-0.25, -0.2) is 13.6 Å². The van der Waals surface area contributed by atoms with E-state index in [2.05, 4.69) is 5.32 Å². The number of hydrogen-bond acceptors (Lipinski definition) is 6. The zero-order valence-electron chi connectivity index (χ0n) is 13.4. The van der Waals surface area contributed by atoms with Crippen molar-refractivity contribution in [3.63, 3.8) is 0 Å². The van der Waals surface area contributed by atoms with Gasteiger partial charge in [0, 0.05) is 18.3 Å². The Kier molecular flexibility index (Phi) is 11.1. The number of hydrogen-bond donors (Lipinski definition) is 3. The first kappa shape index (κ1) is 23.0. The number of sulfonamides is 1. The second-order valence-corrected chi connectivity index (χ2v) is 7.70. The van der Waals surface area contributed by atoms with Crippen LogP contribution in [0.1, 0.15) is 13.3 Å². The molecule has 0 heterocycles. The van der Waals surface area contributed by atoms with Gasteiger partial charge in [-0.15, -0.1) is 24.2 Å². The first-order valence-electron chi connectivity index (χ1n) is 7.14. The largest absolute Gasteiger partial charge is 0.493 e. The lowest BCUT2D eigenvalue weighted by atomic mass is 10.2. The molecule has 0 aliphatic rings. The third kappa shape index (κ3) is 9.99. The number of thioether (sulfide) groups is 1. The quantitative estimate of drug-likeness (QED) is 0.499. The molecule has 0 aliphatic heterocycles. The van der Waals surface area contributed by atoms with Crippen LogP contribution in [-0.2, 0) is 14.8 Å². The molecule has 24 heavy (non-hydrogen) atoms. The lowest BCUT2D eigenvalue weighted by molar-refractivity contribution is -0.118. The van der Waals surface area contributed by atoms with E-state index >= 15 is 0 Å². The number of amides is 1. The topological polar surface area (TPSA) is 125 Å². The Hall–Kier alpha value is -1.00. The van der Waals surface area contributed by atoms with Crippen molar-refractivity contribution in [1.82, 2.24) is 5.32 Å². The maximum Gasteiger partial charge on any atom is 0.238 e. The summed E-state index contributed by atoms with van der Waals surface area (Å²) in [5.41, 5.74) is 5.59. The fourth-order valence-electron chi connectivity index (χ4n) is 1.60. The molecule has 0 saturated carbocycles. The molecule has 0 spiro atoms. The predicted octanol–water partition coefficient (Wildman–Crippen LogP) is 0.721. The average Bonchev–Trinajstić information content (AvgIpc) is 2.46. The van der Waals surface area contributed by atoms with Crippen LogP contribution in [0.3, 0.4) is 0 Å². The Bertz CT molecular complexity index is 595. The molecule has 1 aromatic carbocycles. The Labute approximate surface area is 153 Å². The molecule has 0 aliphatic carbocycles. The van der Waals surface area contributed by atoms with E-state index in [0.717, 1.165) is 6.42 Å². The summed E-state index contributed by atoms with van der Waals surface area (Å²) in [4.78, 5) is 11.6. The number of nitrogens with two attached hydrogens (primary N) is 2. The first-order valence-corrected chi connectivity index (χ1v) is 9.85. The molecule has 1 rings (SSSR count). The third-order valence-corrected chi connectivity index (χ3v) is 4.65. The number of rotatable bonds is 10. The van der Waals surface area contributed by atoms with Crippen molar-refractivity contribution in [2.24, 2.45) is 10.9 Å². The number of carbonyl (C=O) groups excluding carboxylic acids is 1. The standard InChI is InChI=1S/C14H23N3O4S2.ClH/c1-11(15)6-7-17-14(18)10-22-9-8-21-12-2-4-13(5-3-12)23(16,19)20;/h2-5,11H,6-10,15H2,1H3,(H,17,18)(H2,16,19,20);1H. The summed E-state index contributed by atoms with van der Waals surface area (Å²) in [6.07, 6.45) is 0.758. The maximum atomic E-state index is 11.5. The predicted molar refractivity (Wildman–Crippen MR) is 99.2 cm³/mol. The van der Waals surface area contributed by atoms with Crippen LogP contribution in [0.25, 0.3) is 0 Å². The lowest BCUT2D eigenvalue weighted by Crippen LogP contribution is -2.30. The SMILES string of the molecule is CC(N)CCNC(=O)CSCCOc1ccc(S(N)(=O)=O)cc1.Cl. The number of ether oxygens (including phenoxy) is 1. The van der Waals surface area contributed by atoms with Crippen molar-refractivity contribution in [3.05, 3.63) is 24.3 Å². The summed E-state index contributed by atoms with van der Waals surface area (Å²) in [6.45, 7) is 2.91. The minimum absolute atomic E-state index is 0. The van der Waals surface area contributed by atoms with E-state index in [1.54, 1.807) is 12.1 Å². The smallest absolute Gasteiger partial charge is 0.238 e. The molecule has 1 atom stereocenters. The van der Waals surface area contributed by atoms with Gasteiger partial charge in [-0.2, -0.15) is 0 Å². The van der Waals surface area contributed by atoms with Crippen LogP contribution in [0.2, 0.25) is 0 Å². The Morgan fingerprint density at radius 2 is 1.96 bits per heavy atom. The molecule has 0 saturated heterocycles.